The van der Waals surface area contributed by atoms with Crippen molar-refractivity contribution >= 4 is 43.6 Å². The molecule has 0 radical (unpaired) electrons. The van der Waals surface area contributed by atoms with E-state index in [1.165, 1.54) is 101 Å². The number of hydrogen-bond acceptors (Lipinski definition) is 3. The minimum atomic E-state index is 0.155. The quantitative estimate of drug-likeness (QED) is 0.157. The molecule has 0 amide bonds. The zero-order valence-electron chi connectivity index (χ0n) is 50.3. The van der Waals surface area contributed by atoms with Crippen LogP contribution in [-0.4, -0.2) is 38.9 Å². The maximum Gasteiger partial charge on any atom is 0.0734 e. The molecule has 0 unspecified atom stereocenters. The summed E-state index contributed by atoms with van der Waals surface area (Å²) in [5, 5.41) is 21.3. The van der Waals surface area contributed by atoms with E-state index in [2.05, 4.69) is 285 Å². The fraction of sp³-hybridized carbons (Fsp3) is 0.366. The molecule has 412 valence electrons. The van der Waals surface area contributed by atoms with Gasteiger partial charge in [-0.05, 0) is 154 Å². The van der Waals surface area contributed by atoms with Crippen LogP contribution in [0.5, 0.6) is 0 Å². The largest absolute Gasteiger partial charge is 0.351 e. The lowest BCUT2D eigenvalue weighted by atomic mass is 9.92. The topological polar surface area (TPSA) is 74.2 Å². The van der Waals surface area contributed by atoms with Crippen LogP contribution >= 0.6 is 0 Å². The van der Waals surface area contributed by atoms with E-state index in [-0.39, 0.29) is 5.41 Å². The molecule has 11 aromatic rings. The van der Waals surface area contributed by atoms with Gasteiger partial charge in [0.25, 0.3) is 0 Å². The maximum atomic E-state index is 4.94. The Hall–Kier alpha value is -7.45. The summed E-state index contributed by atoms with van der Waals surface area (Å²) in [5.41, 5.74) is 18.5. The molecule has 8 heteroatoms. The molecule has 1 aliphatic rings. The molecule has 1 saturated carbocycles. The molecule has 1 fully saturated rings. The first-order chi connectivity index (χ1) is 37.7. The summed E-state index contributed by atoms with van der Waals surface area (Å²) in [4.78, 5) is 0. The smallest absolute Gasteiger partial charge is 0.0734 e. The second-order valence-corrected chi connectivity index (χ2v) is 24.2. The first-order valence-corrected chi connectivity index (χ1v) is 28.9. The highest BCUT2D eigenvalue weighted by molar-refractivity contribution is 5.87. The summed E-state index contributed by atoms with van der Waals surface area (Å²) in [6.07, 6.45) is 11.7. The van der Waals surface area contributed by atoms with Crippen molar-refractivity contribution in [3.63, 3.8) is 0 Å². The summed E-state index contributed by atoms with van der Waals surface area (Å²) in [7, 11) is 6.18. The fourth-order valence-electron chi connectivity index (χ4n) is 10.2. The summed E-state index contributed by atoms with van der Waals surface area (Å²) in [6, 6.07) is 50.9. The van der Waals surface area contributed by atoms with Crippen molar-refractivity contribution in [3.05, 3.63) is 198 Å². The fourth-order valence-corrected chi connectivity index (χ4v) is 10.2. The Labute approximate surface area is 471 Å². The van der Waals surface area contributed by atoms with Gasteiger partial charge < -0.3 is 9.13 Å². The number of H-pyrrole nitrogens is 1. The van der Waals surface area contributed by atoms with Crippen molar-refractivity contribution < 1.29 is 0 Å². The normalized spacial score (nSPS) is 12.9. The SMILES string of the molecule is CC(C)c1ccc2[nH]ncc2c1.CC(C)c1ccc2c(ccn2C)c1.CC(C)c1cccc(-c2ccccc2)c1.CC[C@H](C)n1nc(C2CC2)c2cc(C(C)C)ccc21.Cn1cc(-c2ccc3cc(C(C)(C)C)n(C)c3c2)cn1. The van der Waals surface area contributed by atoms with Crippen molar-refractivity contribution in [1.29, 1.82) is 0 Å². The molecule has 8 nitrogen and oxygen atoms in total. The van der Waals surface area contributed by atoms with Gasteiger partial charge in [-0.25, -0.2) is 0 Å². The Morgan fingerprint density at radius 1 is 0.544 bits per heavy atom. The highest BCUT2D eigenvalue weighted by atomic mass is 15.3. The van der Waals surface area contributed by atoms with Gasteiger partial charge in [-0.1, -0.05) is 168 Å². The molecule has 0 saturated heterocycles. The number of aromatic nitrogens is 8. The van der Waals surface area contributed by atoms with Gasteiger partial charge in [-0.15, -0.1) is 0 Å². The summed E-state index contributed by atoms with van der Waals surface area (Å²) >= 11 is 0. The standard InChI is InChI=1S/C17H21N3.C17H24N2.C15H16.C12H15N.C10H12N2/c1-17(2,3)16-9-13-7-6-12(8-15(13)20(16)5)14-10-18-19(4)11-14;1-5-12(4)19-16-9-8-14(11(2)3)10-15(16)17(18-19)13-6-7-13;1-12(2)14-9-6-10-15(11-14)13-7-4-3-5-8-13;1-9(2)10-4-5-12-11(8-10)6-7-13(12)3;1-7(2)8-3-4-10-9(5-8)6-11-12-10/h6-11H,1-5H3;8-13H,5-7H2,1-4H3;3-12H,1-2H3;4-9H,1-3H3;3-7H,1-2H3,(H,11,12)/t;12-;;;/m.0.../s1. The summed E-state index contributed by atoms with van der Waals surface area (Å²) < 4.78 is 8.53. The van der Waals surface area contributed by atoms with Gasteiger partial charge in [0, 0.05) is 84.0 Å². The predicted molar refractivity (Wildman–Crippen MR) is 338 cm³/mol. The lowest BCUT2D eigenvalue weighted by Gasteiger charge is -2.19. The van der Waals surface area contributed by atoms with E-state index in [0.717, 1.165) is 23.4 Å². The van der Waals surface area contributed by atoms with Crippen molar-refractivity contribution in [2.75, 3.05) is 0 Å². The number of nitrogens with one attached hydrogen (secondary N) is 1. The number of hydrogen-bond donors (Lipinski definition) is 1. The van der Waals surface area contributed by atoms with Crippen LogP contribution in [0.15, 0.2) is 164 Å². The molecular weight excluding hydrogens is 965 g/mol. The lowest BCUT2D eigenvalue weighted by molar-refractivity contribution is 0.488. The van der Waals surface area contributed by atoms with Crippen molar-refractivity contribution in [2.45, 2.75) is 150 Å². The first-order valence-electron chi connectivity index (χ1n) is 28.9. The van der Waals surface area contributed by atoms with Gasteiger partial charge in [0.05, 0.1) is 29.1 Å². The van der Waals surface area contributed by atoms with E-state index in [4.69, 9.17) is 5.10 Å². The summed E-state index contributed by atoms with van der Waals surface area (Å²) in [5.74, 6) is 3.10. The highest BCUT2D eigenvalue weighted by Gasteiger charge is 2.30. The van der Waals surface area contributed by atoms with Crippen LogP contribution < -0.4 is 0 Å². The van der Waals surface area contributed by atoms with E-state index in [0.29, 0.717) is 29.7 Å². The third kappa shape index (κ3) is 14.1. The first kappa shape index (κ1) is 57.7. The Morgan fingerprint density at radius 3 is 1.76 bits per heavy atom. The molecule has 0 aliphatic heterocycles. The number of aryl methyl sites for hydroxylation is 3. The minimum absolute atomic E-state index is 0.155. The van der Waals surface area contributed by atoms with Crippen LogP contribution in [-0.2, 0) is 26.6 Å². The lowest BCUT2D eigenvalue weighted by Crippen LogP contribution is -2.15. The number of benzene rings is 6. The molecule has 1 atom stereocenters. The third-order valence-corrected chi connectivity index (χ3v) is 15.6. The number of fused-ring (bicyclic) bond motifs is 4. The maximum absolute atomic E-state index is 4.94. The third-order valence-electron chi connectivity index (χ3n) is 15.6. The van der Waals surface area contributed by atoms with Gasteiger partial charge >= 0.3 is 0 Å². The van der Waals surface area contributed by atoms with Crippen LogP contribution in [0.25, 0.3) is 65.9 Å². The second-order valence-electron chi connectivity index (χ2n) is 24.2. The van der Waals surface area contributed by atoms with Gasteiger partial charge in [-0.3, -0.25) is 14.5 Å². The van der Waals surface area contributed by atoms with Gasteiger partial charge in [0.15, 0.2) is 0 Å². The molecule has 6 aromatic carbocycles. The van der Waals surface area contributed by atoms with E-state index in [1.807, 2.05) is 24.1 Å². The van der Waals surface area contributed by atoms with Crippen LogP contribution in [0.2, 0.25) is 0 Å². The van der Waals surface area contributed by atoms with Crippen LogP contribution in [0.4, 0.5) is 0 Å². The van der Waals surface area contributed by atoms with Crippen molar-refractivity contribution in [3.8, 4) is 22.3 Å². The highest BCUT2D eigenvalue weighted by Crippen LogP contribution is 2.43. The number of aromatic amines is 1. The number of nitrogens with zero attached hydrogens (tertiary/aromatic N) is 7. The Bertz CT molecular complexity index is 3730. The van der Waals surface area contributed by atoms with Crippen LogP contribution in [0, 0.1) is 0 Å². The monoisotopic (exact) mass is 1050 g/mol. The van der Waals surface area contributed by atoms with E-state index < -0.39 is 0 Å². The molecule has 1 N–H and O–H groups in total. The van der Waals surface area contributed by atoms with Gasteiger partial charge in [0.1, 0.15) is 0 Å². The van der Waals surface area contributed by atoms with Crippen molar-refractivity contribution in [1.82, 2.24) is 38.9 Å². The van der Waals surface area contributed by atoms with E-state index >= 15 is 0 Å². The van der Waals surface area contributed by atoms with E-state index in [1.54, 1.807) is 0 Å². The Kier molecular flexibility index (Phi) is 18.4. The van der Waals surface area contributed by atoms with Gasteiger partial charge in [0.2, 0.25) is 0 Å². The molecule has 0 bridgehead atoms. The molecule has 1 aliphatic carbocycles. The average Bonchev–Trinajstić information content (AvgIpc) is 4.07. The molecule has 5 heterocycles. The number of rotatable bonds is 9. The minimum Gasteiger partial charge on any atom is -0.351 e. The van der Waals surface area contributed by atoms with Crippen LogP contribution in [0.3, 0.4) is 0 Å². The molecule has 0 spiro atoms. The predicted octanol–water partition coefficient (Wildman–Crippen LogP) is 19.3. The van der Waals surface area contributed by atoms with E-state index in [9.17, 15) is 0 Å². The Morgan fingerprint density at radius 2 is 1.14 bits per heavy atom. The zero-order chi connectivity index (χ0) is 56.7. The zero-order valence-corrected chi connectivity index (χ0v) is 50.3. The second kappa shape index (κ2) is 25.1. The molecule has 5 aromatic heterocycles. The van der Waals surface area contributed by atoms with Gasteiger partial charge in [-0.2, -0.15) is 15.3 Å². The average molecular weight is 1050 g/mol. The summed E-state index contributed by atoms with van der Waals surface area (Å²) in [6.45, 7) is 29.1. The van der Waals surface area contributed by atoms with Crippen molar-refractivity contribution in [2.24, 2.45) is 21.1 Å². The Balaban J connectivity index is 0.000000132. The van der Waals surface area contributed by atoms with Crippen LogP contribution in [0.1, 0.15) is 179 Å². The molecular formula is C71H88N8. The molecule has 79 heavy (non-hydrogen) atoms. The molecule has 12 rings (SSSR count).